The summed E-state index contributed by atoms with van der Waals surface area (Å²) >= 11 is 0. The summed E-state index contributed by atoms with van der Waals surface area (Å²) in [5.41, 5.74) is 7.30. The van der Waals surface area contributed by atoms with Crippen LogP contribution < -0.4 is 11.1 Å². The third-order valence-electron chi connectivity index (χ3n) is 4.26. The number of aromatic nitrogens is 2. The maximum absolute atomic E-state index is 12.4. The molecule has 1 aromatic heterocycles. The monoisotopic (exact) mass is 284 g/mol. The molecule has 1 saturated carbocycles. The first-order valence-electron chi connectivity index (χ1n) is 7.33. The Morgan fingerprint density at radius 2 is 2.00 bits per heavy atom. The van der Waals surface area contributed by atoms with Gasteiger partial charge in [-0.1, -0.05) is 12.8 Å². The van der Waals surface area contributed by atoms with E-state index >= 15 is 0 Å². The van der Waals surface area contributed by atoms with Crippen LogP contribution in [0.3, 0.4) is 0 Å². The highest BCUT2D eigenvalue weighted by Gasteiger charge is 2.33. The Labute approximate surface area is 124 Å². The molecular formula is C16H20N4O. The molecule has 0 aliphatic heterocycles. The van der Waals surface area contributed by atoms with Crippen LogP contribution in [-0.4, -0.2) is 27.5 Å². The summed E-state index contributed by atoms with van der Waals surface area (Å²) in [6.45, 7) is 0.506. The average molecular weight is 284 g/mol. The topological polar surface area (TPSA) is 72.9 Å². The number of hydrogen-bond donors (Lipinski definition) is 2. The van der Waals surface area contributed by atoms with Gasteiger partial charge >= 0.3 is 0 Å². The zero-order valence-corrected chi connectivity index (χ0v) is 12.0. The largest absolute Gasteiger partial charge is 0.345 e. The van der Waals surface area contributed by atoms with E-state index in [1.54, 1.807) is 12.5 Å². The molecule has 0 saturated heterocycles. The van der Waals surface area contributed by atoms with Crippen LogP contribution in [0.4, 0.5) is 0 Å². The van der Waals surface area contributed by atoms with Crippen LogP contribution in [0.25, 0.3) is 5.69 Å². The van der Waals surface area contributed by atoms with Crippen LogP contribution in [0.15, 0.2) is 43.0 Å². The third-order valence-corrected chi connectivity index (χ3v) is 4.26. The predicted molar refractivity (Wildman–Crippen MR) is 81.3 cm³/mol. The van der Waals surface area contributed by atoms with E-state index in [1.165, 1.54) is 0 Å². The van der Waals surface area contributed by atoms with E-state index in [1.807, 2.05) is 35.0 Å². The van der Waals surface area contributed by atoms with Gasteiger partial charge in [-0.05, 0) is 37.1 Å². The fraction of sp³-hybridized carbons (Fsp3) is 0.375. The Morgan fingerprint density at radius 1 is 1.29 bits per heavy atom. The van der Waals surface area contributed by atoms with Crippen LogP contribution >= 0.6 is 0 Å². The highest BCUT2D eigenvalue weighted by atomic mass is 16.1. The predicted octanol–water partition coefficient (Wildman–Crippen LogP) is 1.87. The number of nitrogens with one attached hydrogen (secondary N) is 1. The number of nitrogens with two attached hydrogens (primary N) is 1. The molecule has 1 amide bonds. The van der Waals surface area contributed by atoms with E-state index in [0.29, 0.717) is 12.1 Å². The lowest BCUT2D eigenvalue weighted by atomic mass is 9.97. The van der Waals surface area contributed by atoms with Crippen molar-refractivity contribution in [2.75, 3.05) is 6.54 Å². The molecule has 5 nitrogen and oxygen atoms in total. The molecule has 1 aromatic carbocycles. The quantitative estimate of drug-likeness (QED) is 0.900. The highest BCUT2D eigenvalue weighted by Crippen LogP contribution is 2.29. The van der Waals surface area contributed by atoms with E-state index in [0.717, 1.165) is 31.4 Å². The smallest absolute Gasteiger partial charge is 0.251 e. The summed E-state index contributed by atoms with van der Waals surface area (Å²) in [4.78, 5) is 16.4. The van der Waals surface area contributed by atoms with Crippen molar-refractivity contribution in [2.45, 2.75) is 31.2 Å². The van der Waals surface area contributed by atoms with Gasteiger partial charge in [0.25, 0.3) is 5.91 Å². The molecule has 1 heterocycles. The Hall–Kier alpha value is -2.14. The fourth-order valence-electron chi connectivity index (χ4n) is 2.94. The molecule has 21 heavy (non-hydrogen) atoms. The summed E-state index contributed by atoms with van der Waals surface area (Å²) in [5.74, 6) is -0.0421. The van der Waals surface area contributed by atoms with Gasteiger partial charge in [0.1, 0.15) is 0 Å². The molecule has 3 N–H and O–H groups in total. The van der Waals surface area contributed by atoms with Crippen LogP contribution in [0.1, 0.15) is 36.0 Å². The van der Waals surface area contributed by atoms with Crippen molar-refractivity contribution in [3.8, 4) is 5.69 Å². The normalized spacial score (nSPS) is 16.8. The number of hydrogen-bond acceptors (Lipinski definition) is 3. The van der Waals surface area contributed by atoms with E-state index in [9.17, 15) is 4.79 Å². The minimum Gasteiger partial charge on any atom is -0.345 e. The molecule has 0 unspecified atom stereocenters. The number of amides is 1. The van der Waals surface area contributed by atoms with Gasteiger partial charge in [-0.25, -0.2) is 4.98 Å². The Morgan fingerprint density at radius 3 is 2.57 bits per heavy atom. The van der Waals surface area contributed by atoms with Gasteiger partial charge in [0.15, 0.2) is 0 Å². The summed E-state index contributed by atoms with van der Waals surface area (Å²) in [6.07, 6.45) is 9.55. The average Bonchev–Trinajstić information content (AvgIpc) is 3.19. The van der Waals surface area contributed by atoms with Crippen LogP contribution in [0.2, 0.25) is 0 Å². The Kier molecular flexibility index (Phi) is 3.75. The van der Waals surface area contributed by atoms with E-state index in [2.05, 4.69) is 10.3 Å². The zero-order chi connectivity index (χ0) is 14.7. The van der Waals surface area contributed by atoms with Crippen molar-refractivity contribution < 1.29 is 4.79 Å². The molecule has 2 aromatic rings. The van der Waals surface area contributed by atoms with Crippen molar-refractivity contribution in [1.82, 2.24) is 14.9 Å². The molecule has 1 aliphatic carbocycles. The van der Waals surface area contributed by atoms with Crippen LogP contribution in [-0.2, 0) is 0 Å². The van der Waals surface area contributed by atoms with Gasteiger partial charge in [0, 0.05) is 30.2 Å². The summed E-state index contributed by atoms with van der Waals surface area (Å²) in [6, 6.07) is 7.51. The van der Waals surface area contributed by atoms with Crippen LogP contribution in [0.5, 0.6) is 0 Å². The van der Waals surface area contributed by atoms with Gasteiger partial charge in [-0.2, -0.15) is 0 Å². The van der Waals surface area contributed by atoms with Gasteiger partial charge in [0.2, 0.25) is 0 Å². The first-order valence-corrected chi connectivity index (χ1v) is 7.33. The number of benzene rings is 1. The Balaban J connectivity index is 1.73. The SMILES string of the molecule is NCC1(NC(=O)c2ccc(-n3ccnc3)cc2)CCCC1. The zero-order valence-electron chi connectivity index (χ0n) is 12.0. The molecular weight excluding hydrogens is 264 g/mol. The van der Waals surface area contributed by atoms with E-state index in [4.69, 9.17) is 5.73 Å². The van der Waals surface area contributed by atoms with Gasteiger partial charge < -0.3 is 15.6 Å². The second-order valence-corrected chi connectivity index (χ2v) is 5.66. The van der Waals surface area contributed by atoms with E-state index in [-0.39, 0.29) is 11.4 Å². The lowest BCUT2D eigenvalue weighted by Crippen LogP contribution is -2.51. The maximum Gasteiger partial charge on any atom is 0.251 e. The summed E-state index contributed by atoms with van der Waals surface area (Å²) in [5, 5.41) is 3.13. The molecule has 5 heteroatoms. The molecule has 1 aliphatic rings. The van der Waals surface area contributed by atoms with Crippen LogP contribution in [0, 0.1) is 0 Å². The molecule has 1 fully saturated rings. The van der Waals surface area contributed by atoms with Crippen molar-refractivity contribution in [3.63, 3.8) is 0 Å². The molecule has 0 spiro atoms. The first kappa shape index (κ1) is 13.8. The second-order valence-electron chi connectivity index (χ2n) is 5.66. The molecule has 110 valence electrons. The summed E-state index contributed by atoms with van der Waals surface area (Å²) < 4.78 is 1.90. The first-order chi connectivity index (χ1) is 10.2. The molecule has 0 atom stereocenters. The van der Waals surface area contributed by atoms with Gasteiger partial charge in [-0.15, -0.1) is 0 Å². The van der Waals surface area contributed by atoms with Gasteiger partial charge in [-0.3, -0.25) is 4.79 Å². The van der Waals surface area contributed by atoms with E-state index < -0.39 is 0 Å². The van der Waals surface area contributed by atoms with Gasteiger partial charge in [0.05, 0.1) is 11.9 Å². The molecule has 0 bridgehead atoms. The number of rotatable bonds is 4. The lowest BCUT2D eigenvalue weighted by Gasteiger charge is -2.28. The number of imidazole rings is 1. The number of carbonyl (C=O) groups excluding carboxylic acids is 1. The number of nitrogens with zero attached hydrogens (tertiary/aromatic N) is 2. The number of carbonyl (C=O) groups is 1. The minimum atomic E-state index is -0.208. The van der Waals surface area contributed by atoms with Crippen molar-refractivity contribution in [2.24, 2.45) is 5.73 Å². The molecule has 3 rings (SSSR count). The highest BCUT2D eigenvalue weighted by molar-refractivity contribution is 5.94. The maximum atomic E-state index is 12.4. The fourth-order valence-corrected chi connectivity index (χ4v) is 2.94. The second kappa shape index (κ2) is 5.69. The Bertz CT molecular complexity index is 598. The standard InChI is InChI=1S/C16H20N4O/c17-11-16(7-1-2-8-16)19-15(21)13-3-5-14(6-4-13)20-10-9-18-12-20/h3-6,9-10,12H,1-2,7-8,11,17H2,(H,19,21). The van der Waals surface area contributed by atoms with Crippen molar-refractivity contribution in [3.05, 3.63) is 48.5 Å². The van der Waals surface area contributed by atoms with Crippen molar-refractivity contribution in [1.29, 1.82) is 0 Å². The summed E-state index contributed by atoms with van der Waals surface area (Å²) in [7, 11) is 0. The lowest BCUT2D eigenvalue weighted by molar-refractivity contribution is 0.0903. The molecule has 0 radical (unpaired) electrons. The minimum absolute atomic E-state index is 0.0421. The third kappa shape index (κ3) is 2.83. The van der Waals surface area contributed by atoms with Crippen molar-refractivity contribution >= 4 is 5.91 Å².